The van der Waals surface area contributed by atoms with Gasteiger partial charge in [-0.3, -0.25) is 19.1 Å². The number of benzene rings is 2. The van der Waals surface area contributed by atoms with Crippen molar-refractivity contribution in [1.82, 2.24) is 25.2 Å². The number of carbonyl (C=O) groups excluding carboxylic acids is 3. The van der Waals surface area contributed by atoms with Crippen LogP contribution in [-0.2, 0) is 30.8 Å². The van der Waals surface area contributed by atoms with E-state index in [2.05, 4.69) is 41.8 Å². The minimum absolute atomic E-state index is 0.0830. The Morgan fingerprint density at radius 3 is 2.47 bits per heavy atom. The van der Waals surface area contributed by atoms with Gasteiger partial charge in [0, 0.05) is 35.4 Å². The summed E-state index contributed by atoms with van der Waals surface area (Å²) in [6.07, 6.45) is 12.2. The van der Waals surface area contributed by atoms with E-state index in [0.717, 1.165) is 92.2 Å². The van der Waals surface area contributed by atoms with Crippen molar-refractivity contribution < 1.29 is 32.3 Å². The van der Waals surface area contributed by atoms with Crippen molar-refractivity contribution in [2.45, 2.75) is 133 Å². The highest BCUT2D eigenvalue weighted by Gasteiger charge is 2.62. The third-order valence-electron chi connectivity index (χ3n) is 13.7. The molecular formula is C47H61N5O7S. The number of nitrogens with zero attached hydrogens (tertiary/aromatic N) is 2. The quantitative estimate of drug-likeness (QED) is 0.202. The van der Waals surface area contributed by atoms with Crippen LogP contribution in [0, 0.1) is 17.3 Å². The van der Waals surface area contributed by atoms with Crippen molar-refractivity contribution in [3.63, 3.8) is 0 Å². The first-order valence-corrected chi connectivity index (χ1v) is 23.6. The number of ether oxygens (including phenoxy) is 2. The number of amides is 3. The monoisotopic (exact) mass is 839 g/mol. The zero-order valence-electron chi connectivity index (χ0n) is 35.3. The lowest BCUT2D eigenvalue weighted by Gasteiger charge is -2.35. The Bertz CT molecular complexity index is 2220. The highest BCUT2D eigenvalue weighted by molar-refractivity contribution is 7.91. The molecule has 5 atom stereocenters. The summed E-state index contributed by atoms with van der Waals surface area (Å²) in [6.45, 7) is 9.32. The minimum Gasteiger partial charge on any atom is -0.496 e. The molecule has 2 aliphatic heterocycles. The van der Waals surface area contributed by atoms with Gasteiger partial charge >= 0.3 is 0 Å². The molecule has 60 heavy (non-hydrogen) atoms. The van der Waals surface area contributed by atoms with Crippen LogP contribution in [0.15, 0.2) is 61.2 Å². The minimum atomic E-state index is -3.87. The number of hydrogen-bond donors (Lipinski definition) is 3. The van der Waals surface area contributed by atoms with Gasteiger partial charge in [-0.1, -0.05) is 69.5 Å². The average molecular weight is 840 g/mol. The van der Waals surface area contributed by atoms with E-state index in [1.165, 1.54) is 0 Å². The van der Waals surface area contributed by atoms with Gasteiger partial charge in [0.1, 0.15) is 29.2 Å². The zero-order chi connectivity index (χ0) is 42.2. The number of hydrogen-bond acceptors (Lipinski definition) is 9. The van der Waals surface area contributed by atoms with Crippen molar-refractivity contribution in [2.75, 3.05) is 20.2 Å². The van der Waals surface area contributed by atoms with Crippen LogP contribution in [0.1, 0.15) is 103 Å². The SMILES string of the molecule is C=C[C@@H]1C[C@]1(NC(=O)[C@H]1C[C@@H]2CN1C(=O)[C@H](C1CCCCC1)NCCCC(C)(C)CCCc1cc3c(cc(-c4ccccc4)nc3cc1OC)O2)C(=O)NS(=O)(=O)C1CC1. The van der Waals surface area contributed by atoms with Crippen LogP contribution in [0.5, 0.6) is 11.5 Å². The third-order valence-corrected chi connectivity index (χ3v) is 15.5. The van der Waals surface area contributed by atoms with Crippen molar-refractivity contribution in [2.24, 2.45) is 17.3 Å². The van der Waals surface area contributed by atoms with Gasteiger partial charge in [-0.25, -0.2) is 13.4 Å². The molecule has 1 saturated heterocycles. The Balaban J connectivity index is 1.18. The fourth-order valence-electron chi connectivity index (χ4n) is 9.89. The lowest BCUT2D eigenvalue weighted by Crippen LogP contribution is -2.59. The summed E-state index contributed by atoms with van der Waals surface area (Å²) < 4.78 is 41.0. The van der Waals surface area contributed by atoms with Gasteiger partial charge in [0.05, 0.1) is 36.2 Å². The molecule has 4 fully saturated rings. The maximum atomic E-state index is 15.1. The summed E-state index contributed by atoms with van der Waals surface area (Å²) in [4.78, 5) is 50.3. The predicted octanol–water partition coefficient (Wildman–Crippen LogP) is 6.61. The van der Waals surface area contributed by atoms with Crippen LogP contribution in [0.25, 0.3) is 22.2 Å². The Kier molecular flexibility index (Phi) is 12.0. The van der Waals surface area contributed by atoms with Crippen molar-refractivity contribution in [1.29, 1.82) is 0 Å². The first-order chi connectivity index (χ1) is 28.8. The molecule has 3 aliphatic carbocycles. The molecule has 4 bridgehead atoms. The second-order valence-corrected chi connectivity index (χ2v) is 20.6. The Morgan fingerprint density at radius 2 is 1.77 bits per heavy atom. The largest absolute Gasteiger partial charge is 0.496 e. The number of aromatic nitrogens is 1. The van der Waals surface area contributed by atoms with Crippen LogP contribution in [-0.4, -0.2) is 85.2 Å². The molecule has 3 N–H and O–H groups in total. The highest BCUT2D eigenvalue weighted by atomic mass is 32.2. The van der Waals surface area contributed by atoms with Gasteiger partial charge in [0.2, 0.25) is 21.8 Å². The van der Waals surface area contributed by atoms with Crippen LogP contribution >= 0.6 is 0 Å². The molecule has 12 nitrogen and oxygen atoms in total. The molecule has 2 aromatic carbocycles. The number of nitrogens with one attached hydrogen (secondary N) is 3. The molecular weight excluding hydrogens is 779 g/mol. The van der Waals surface area contributed by atoms with Gasteiger partial charge in [0.25, 0.3) is 5.91 Å². The fraction of sp³-hybridized carbons (Fsp3) is 0.574. The number of fused-ring (bicyclic) bond motifs is 3. The first-order valence-electron chi connectivity index (χ1n) is 22.1. The summed E-state index contributed by atoms with van der Waals surface area (Å²) in [5.41, 5.74) is 2.01. The fourth-order valence-corrected chi connectivity index (χ4v) is 11.3. The molecule has 3 heterocycles. The third kappa shape index (κ3) is 8.93. The zero-order valence-corrected chi connectivity index (χ0v) is 36.2. The normalized spacial score (nSPS) is 27.6. The van der Waals surface area contributed by atoms with E-state index in [0.29, 0.717) is 30.7 Å². The van der Waals surface area contributed by atoms with Gasteiger partial charge in [0.15, 0.2) is 0 Å². The molecule has 5 aliphatic rings. The molecule has 0 spiro atoms. The van der Waals surface area contributed by atoms with Crippen molar-refractivity contribution in [3.05, 3.63) is 66.7 Å². The van der Waals surface area contributed by atoms with Crippen LogP contribution in [0.4, 0.5) is 0 Å². The molecule has 13 heteroatoms. The van der Waals surface area contributed by atoms with E-state index >= 15 is 4.79 Å². The van der Waals surface area contributed by atoms with E-state index in [4.69, 9.17) is 14.5 Å². The van der Waals surface area contributed by atoms with E-state index < -0.39 is 56.7 Å². The summed E-state index contributed by atoms with van der Waals surface area (Å²) in [7, 11) is -2.18. The predicted molar refractivity (Wildman–Crippen MR) is 232 cm³/mol. The number of carbonyl (C=O) groups is 3. The van der Waals surface area contributed by atoms with Gasteiger partial charge in [-0.05, 0) is 93.7 Å². The molecule has 3 amide bonds. The Labute approximate surface area is 354 Å². The summed E-state index contributed by atoms with van der Waals surface area (Å²) in [6, 6.07) is 14.5. The Morgan fingerprint density at radius 1 is 1.02 bits per heavy atom. The topological polar surface area (TPSA) is 156 Å². The second-order valence-electron chi connectivity index (χ2n) is 18.7. The Hall–Kier alpha value is -4.49. The number of sulfonamides is 1. The summed E-state index contributed by atoms with van der Waals surface area (Å²) >= 11 is 0. The van der Waals surface area contributed by atoms with Gasteiger partial charge < -0.3 is 25.0 Å². The van der Waals surface area contributed by atoms with Crippen molar-refractivity contribution in [3.8, 4) is 22.8 Å². The molecule has 0 unspecified atom stereocenters. The average Bonchev–Trinajstić information content (AvgIpc) is 4.17. The second kappa shape index (κ2) is 17.1. The summed E-state index contributed by atoms with van der Waals surface area (Å²) in [5.74, 6) is -0.381. The maximum Gasteiger partial charge on any atom is 0.259 e. The molecule has 322 valence electrons. The number of rotatable bonds is 9. The molecule has 0 radical (unpaired) electrons. The molecule has 3 saturated carbocycles. The van der Waals surface area contributed by atoms with Gasteiger partial charge in [-0.15, -0.1) is 6.58 Å². The maximum absolute atomic E-state index is 15.1. The van der Waals surface area contributed by atoms with Gasteiger partial charge in [-0.2, -0.15) is 0 Å². The number of aryl methyl sites for hydroxylation is 1. The molecule has 8 rings (SSSR count). The van der Waals surface area contributed by atoms with Crippen LogP contribution < -0.4 is 24.8 Å². The highest BCUT2D eigenvalue weighted by Crippen LogP contribution is 2.46. The number of pyridine rings is 1. The lowest BCUT2D eigenvalue weighted by molar-refractivity contribution is -0.142. The smallest absolute Gasteiger partial charge is 0.259 e. The summed E-state index contributed by atoms with van der Waals surface area (Å²) in [5, 5.41) is 6.87. The van der Waals surface area contributed by atoms with E-state index in [1.54, 1.807) is 18.1 Å². The van der Waals surface area contributed by atoms with Crippen LogP contribution in [0.2, 0.25) is 0 Å². The molecule has 3 aromatic rings. The van der Waals surface area contributed by atoms with E-state index in [1.807, 2.05) is 42.5 Å². The van der Waals surface area contributed by atoms with Crippen molar-refractivity contribution >= 4 is 38.6 Å². The standard InChI is InChI=1S/C47H61N5O7S/c1-5-33-28-47(33,45(55)51-60(56,57)35-19-20-35)50-43(53)39-25-34-29-52(39)44(54)42(31-16-10-7-11-17-31)48-23-13-22-46(2,3)21-12-18-32-24-36-38(27-40(32)58-4)49-37(26-41(36)59-34)30-14-8-6-9-15-30/h5-6,8-9,14-15,24,26-27,31,33-35,39,42,48H,1,7,10-13,16-23,25,28-29H2,2-4H3,(H,50,53)(H,51,55)/t33-,34-,39-,42+,47-/m1/s1. The lowest BCUT2D eigenvalue weighted by atomic mass is 9.81. The number of methoxy groups -OCH3 is 1. The molecule has 1 aromatic heterocycles. The van der Waals surface area contributed by atoms with E-state index in [-0.39, 0.29) is 36.6 Å². The first kappa shape index (κ1) is 42.2. The van der Waals surface area contributed by atoms with Crippen LogP contribution in [0.3, 0.4) is 0 Å². The van der Waals surface area contributed by atoms with E-state index in [9.17, 15) is 18.0 Å².